The fourth-order valence-electron chi connectivity index (χ4n) is 4.16. The van der Waals surface area contributed by atoms with Gasteiger partial charge >= 0.3 is 18.2 Å². The van der Waals surface area contributed by atoms with Crippen molar-refractivity contribution in [3.63, 3.8) is 0 Å². The molecule has 0 heterocycles. The van der Waals surface area contributed by atoms with Gasteiger partial charge in [-0.05, 0) is 28.7 Å². The fourth-order valence-corrected chi connectivity index (χ4v) is 4.16. The molecule has 10 heteroatoms. The Morgan fingerprint density at radius 1 is 0.971 bits per heavy atom. The Kier molecular flexibility index (Phi) is 8.37. The maximum Gasteiger partial charge on any atom is 0.407 e. The molecule has 7 nitrogen and oxygen atoms in total. The lowest BCUT2D eigenvalue weighted by Crippen LogP contribution is -2.53. The number of ether oxygens (including phenoxy) is 1. The van der Waals surface area contributed by atoms with Gasteiger partial charge in [-0.2, -0.15) is 13.2 Å². The van der Waals surface area contributed by atoms with Gasteiger partial charge in [0.25, 0.3) is 0 Å². The molecule has 0 aliphatic heterocycles. The highest BCUT2D eigenvalue weighted by Gasteiger charge is 2.38. The summed E-state index contributed by atoms with van der Waals surface area (Å²) < 4.78 is 44.5. The maximum absolute atomic E-state index is 13.1. The summed E-state index contributed by atoms with van der Waals surface area (Å²) in [7, 11) is 0. The average Bonchev–Trinajstić information content (AvgIpc) is 3.12. The van der Waals surface area contributed by atoms with Crippen molar-refractivity contribution in [3.05, 3.63) is 59.7 Å². The summed E-state index contributed by atoms with van der Waals surface area (Å²) in [5, 5.41) is 13.3. The van der Waals surface area contributed by atoms with E-state index >= 15 is 0 Å². The summed E-state index contributed by atoms with van der Waals surface area (Å²) in [4.78, 5) is 36.3. The number of hydrogen-bond donors (Lipinski definition) is 3. The molecule has 0 saturated heterocycles. The normalized spacial score (nSPS) is 14.4. The second-order valence-electron chi connectivity index (χ2n) is 8.38. The van der Waals surface area contributed by atoms with E-state index < -0.39 is 42.7 Å². The molecular formula is C25H27F3N2O5. The van der Waals surface area contributed by atoms with Gasteiger partial charge < -0.3 is 20.5 Å². The third kappa shape index (κ3) is 6.74. The molecule has 2 unspecified atom stereocenters. The van der Waals surface area contributed by atoms with E-state index in [0.717, 1.165) is 22.3 Å². The van der Waals surface area contributed by atoms with Crippen LogP contribution in [0.5, 0.6) is 0 Å². The first-order valence-electron chi connectivity index (χ1n) is 11.3. The van der Waals surface area contributed by atoms with Crippen molar-refractivity contribution < 1.29 is 37.4 Å². The molecular weight excluding hydrogens is 465 g/mol. The van der Waals surface area contributed by atoms with E-state index in [2.05, 4.69) is 5.32 Å². The van der Waals surface area contributed by atoms with E-state index in [1.165, 1.54) is 0 Å². The molecule has 0 radical (unpaired) electrons. The van der Waals surface area contributed by atoms with E-state index in [0.29, 0.717) is 12.8 Å². The van der Waals surface area contributed by atoms with Gasteiger partial charge in [0.15, 0.2) is 0 Å². The van der Waals surface area contributed by atoms with Crippen LogP contribution in [-0.2, 0) is 14.3 Å². The Balaban J connectivity index is 1.68. The third-order valence-electron chi connectivity index (χ3n) is 5.85. The topological polar surface area (TPSA) is 105 Å². The van der Waals surface area contributed by atoms with Crippen molar-refractivity contribution in [2.75, 3.05) is 6.61 Å². The molecule has 1 aliphatic rings. The minimum absolute atomic E-state index is 0.0568. The summed E-state index contributed by atoms with van der Waals surface area (Å²) in [6, 6.07) is 11.7. The fraction of sp³-hybridized carbons (Fsp3) is 0.400. The van der Waals surface area contributed by atoms with Crippen LogP contribution in [0.4, 0.5) is 18.0 Å². The number of carboxylic acid groups (broad SMARTS) is 1. The standard InChI is InChI=1S/C25H27F3N2O5/c1-2-3-12-20(23(32)33)29-22(31)21(13-25(26,27)28)30-24(34)35-14-19-17-10-6-4-8-15(17)16-9-5-7-11-18(16)19/h4-11,19-21H,2-3,12-14H2,1H3,(H,29,31)(H,30,34)(H,32,33). The summed E-state index contributed by atoms with van der Waals surface area (Å²) in [5.74, 6) is -2.91. The Labute approximate surface area is 200 Å². The minimum atomic E-state index is -4.78. The number of alkyl carbamates (subject to hydrolysis) is 1. The van der Waals surface area contributed by atoms with E-state index in [9.17, 15) is 32.7 Å². The van der Waals surface area contributed by atoms with Crippen molar-refractivity contribution in [3.8, 4) is 11.1 Å². The van der Waals surface area contributed by atoms with Gasteiger partial charge in [0.1, 0.15) is 18.7 Å². The van der Waals surface area contributed by atoms with Crippen LogP contribution in [0, 0.1) is 0 Å². The minimum Gasteiger partial charge on any atom is -0.480 e. The van der Waals surface area contributed by atoms with Crippen molar-refractivity contribution in [2.24, 2.45) is 0 Å². The largest absolute Gasteiger partial charge is 0.480 e. The number of halogens is 3. The molecule has 0 aromatic heterocycles. The lowest BCUT2D eigenvalue weighted by Gasteiger charge is -2.22. The summed E-state index contributed by atoms with van der Waals surface area (Å²) >= 11 is 0. The van der Waals surface area contributed by atoms with Gasteiger partial charge in [0.05, 0.1) is 6.42 Å². The maximum atomic E-state index is 13.1. The van der Waals surface area contributed by atoms with Crippen LogP contribution in [0.3, 0.4) is 0 Å². The molecule has 2 amide bonds. The molecule has 188 valence electrons. The molecule has 3 rings (SSSR count). The van der Waals surface area contributed by atoms with Gasteiger partial charge in [-0.15, -0.1) is 0 Å². The quantitative estimate of drug-likeness (QED) is 0.450. The number of carboxylic acids is 1. The Bertz CT molecular complexity index is 1030. The van der Waals surface area contributed by atoms with Crippen molar-refractivity contribution in [1.82, 2.24) is 10.6 Å². The Morgan fingerprint density at radius 2 is 1.54 bits per heavy atom. The van der Waals surface area contributed by atoms with E-state index in [-0.39, 0.29) is 18.9 Å². The van der Waals surface area contributed by atoms with Crippen molar-refractivity contribution in [2.45, 2.75) is 56.8 Å². The summed E-state index contributed by atoms with van der Waals surface area (Å²) in [5.41, 5.74) is 3.81. The molecule has 2 aromatic carbocycles. The number of aliphatic carboxylic acids is 1. The van der Waals surface area contributed by atoms with Gasteiger partial charge in [0.2, 0.25) is 5.91 Å². The van der Waals surface area contributed by atoms with Crippen LogP contribution in [0.2, 0.25) is 0 Å². The van der Waals surface area contributed by atoms with Crippen molar-refractivity contribution in [1.29, 1.82) is 0 Å². The van der Waals surface area contributed by atoms with Gasteiger partial charge in [-0.1, -0.05) is 68.3 Å². The third-order valence-corrected chi connectivity index (χ3v) is 5.85. The molecule has 0 fully saturated rings. The number of rotatable bonds is 10. The molecule has 2 aromatic rings. The number of carbonyl (C=O) groups excluding carboxylic acids is 2. The van der Waals surface area contributed by atoms with E-state index in [1.807, 2.05) is 60.8 Å². The van der Waals surface area contributed by atoms with Crippen molar-refractivity contribution >= 4 is 18.0 Å². The first kappa shape index (κ1) is 26.1. The molecule has 1 aliphatic carbocycles. The van der Waals surface area contributed by atoms with Gasteiger partial charge in [-0.25, -0.2) is 9.59 Å². The number of hydrogen-bond acceptors (Lipinski definition) is 4. The SMILES string of the molecule is CCCCC(NC(=O)C(CC(F)(F)F)NC(=O)OCC1c2ccccc2-c2ccccc21)C(=O)O. The number of benzene rings is 2. The number of carbonyl (C=O) groups is 3. The van der Waals surface area contributed by atoms with Crippen LogP contribution in [-0.4, -0.2) is 47.9 Å². The zero-order valence-electron chi connectivity index (χ0n) is 19.1. The zero-order valence-corrected chi connectivity index (χ0v) is 19.1. The van der Waals surface area contributed by atoms with Crippen LogP contribution < -0.4 is 10.6 Å². The lowest BCUT2D eigenvalue weighted by molar-refractivity contribution is -0.150. The highest BCUT2D eigenvalue weighted by Crippen LogP contribution is 2.44. The Morgan fingerprint density at radius 3 is 2.06 bits per heavy atom. The number of amides is 2. The zero-order chi connectivity index (χ0) is 25.6. The van der Waals surface area contributed by atoms with Crippen LogP contribution in [0.25, 0.3) is 11.1 Å². The smallest absolute Gasteiger partial charge is 0.407 e. The number of fused-ring (bicyclic) bond motifs is 3. The molecule has 2 atom stereocenters. The number of nitrogens with one attached hydrogen (secondary N) is 2. The number of unbranched alkanes of at least 4 members (excludes halogenated alkanes) is 1. The highest BCUT2D eigenvalue weighted by atomic mass is 19.4. The molecule has 3 N–H and O–H groups in total. The molecule has 0 spiro atoms. The predicted molar refractivity (Wildman–Crippen MR) is 122 cm³/mol. The second kappa shape index (κ2) is 11.2. The van der Waals surface area contributed by atoms with Crippen LogP contribution in [0.1, 0.15) is 49.7 Å². The number of alkyl halides is 3. The molecule has 0 saturated carbocycles. The van der Waals surface area contributed by atoms with Crippen LogP contribution in [0.15, 0.2) is 48.5 Å². The molecule has 0 bridgehead atoms. The van der Waals surface area contributed by atoms with Crippen LogP contribution >= 0.6 is 0 Å². The monoisotopic (exact) mass is 492 g/mol. The highest BCUT2D eigenvalue weighted by molar-refractivity contribution is 5.89. The van der Waals surface area contributed by atoms with E-state index in [1.54, 1.807) is 0 Å². The second-order valence-corrected chi connectivity index (χ2v) is 8.38. The summed E-state index contributed by atoms with van der Waals surface area (Å²) in [6.07, 6.45) is -6.48. The average molecular weight is 492 g/mol. The molecule has 35 heavy (non-hydrogen) atoms. The van der Waals surface area contributed by atoms with Gasteiger partial charge in [0, 0.05) is 5.92 Å². The predicted octanol–water partition coefficient (Wildman–Crippen LogP) is 4.61. The summed E-state index contributed by atoms with van der Waals surface area (Å²) in [6.45, 7) is 1.67. The first-order valence-corrected chi connectivity index (χ1v) is 11.3. The lowest BCUT2D eigenvalue weighted by atomic mass is 9.98. The van der Waals surface area contributed by atoms with E-state index in [4.69, 9.17) is 4.74 Å². The first-order chi connectivity index (χ1) is 16.6. The Hall–Kier alpha value is -3.56. The van der Waals surface area contributed by atoms with Gasteiger partial charge in [-0.3, -0.25) is 4.79 Å².